The van der Waals surface area contributed by atoms with Gasteiger partial charge in [-0.2, -0.15) is 9.78 Å². The highest BCUT2D eigenvalue weighted by atomic mass is 16.6. The Kier molecular flexibility index (Phi) is 6.48. The van der Waals surface area contributed by atoms with Crippen LogP contribution in [0, 0.1) is 6.92 Å². The summed E-state index contributed by atoms with van der Waals surface area (Å²) in [5, 5.41) is 19.1. The average Bonchev–Trinajstić information content (AvgIpc) is 3.47. The zero-order valence-electron chi connectivity index (χ0n) is 19.2. The van der Waals surface area contributed by atoms with Crippen LogP contribution in [-0.4, -0.2) is 36.1 Å². The zero-order chi connectivity index (χ0) is 23.4. The molecule has 0 saturated carbocycles. The van der Waals surface area contributed by atoms with E-state index in [1.54, 1.807) is 16.9 Å². The van der Waals surface area contributed by atoms with Gasteiger partial charge in [0.05, 0.1) is 17.9 Å². The molecule has 9 nitrogen and oxygen atoms in total. The number of amides is 1. The van der Waals surface area contributed by atoms with Crippen molar-refractivity contribution in [2.24, 2.45) is 0 Å². The van der Waals surface area contributed by atoms with Gasteiger partial charge in [-0.1, -0.05) is 43.7 Å². The van der Waals surface area contributed by atoms with Gasteiger partial charge in [0, 0.05) is 24.7 Å². The van der Waals surface area contributed by atoms with Crippen molar-refractivity contribution in [2.75, 3.05) is 0 Å². The lowest BCUT2D eigenvalue weighted by Crippen LogP contribution is -2.27. The smallest absolute Gasteiger partial charge is 0.410 e. The Balaban J connectivity index is 1.63. The molecule has 2 aromatic carbocycles. The number of nitrogens with one attached hydrogen (secondary N) is 1. The van der Waals surface area contributed by atoms with Gasteiger partial charge in [0.15, 0.2) is 5.82 Å². The van der Waals surface area contributed by atoms with Crippen molar-refractivity contribution in [1.29, 1.82) is 0 Å². The van der Waals surface area contributed by atoms with Crippen molar-refractivity contribution in [3.63, 3.8) is 0 Å². The van der Waals surface area contributed by atoms with Gasteiger partial charge in [0.2, 0.25) is 0 Å². The van der Waals surface area contributed by atoms with E-state index >= 15 is 0 Å². The van der Waals surface area contributed by atoms with Crippen molar-refractivity contribution in [3.05, 3.63) is 71.8 Å². The number of aromatic nitrogens is 6. The molecule has 0 radical (unpaired) electrons. The summed E-state index contributed by atoms with van der Waals surface area (Å²) in [7, 11) is 0. The van der Waals surface area contributed by atoms with Crippen molar-refractivity contribution in [3.8, 4) is 22.6 Å². The van der Waals surface area contributed by atoms with Gasteiger partial charge in [-0.15, -0.1) is 5.10 Å². The molecule has 33 heavy (non-hydrogen) atoms. The minimum absolute atomic E-state index is 0.124. The summed E-state index contributed by atoms with van der Waals surface area (Å²) in [6, 6.07) is 15.6. The molecule has 2 heterocycles. The molecule has 0 aliphatic carbocycles. The lowest BCUT2D eigenvalue weighted by molar-refractivity contribution is 0.199. The van der Waals surface area contributed by atoms with Gasteiger partial charge < -0.3 is 10.1 Å². The fourth-order valence-corrected chi connectivity index (χ4v) is 3.52. The number of carbonyl (C=O) groups excluding carboxylic acids is 1. The van der Waals surface area contributed by atoms with E-state index in [1.807, 2.05) is 74.8 Å². The number of hydrogen-bond donors (Lipinski definition) is 1. The quantitative estimate of drug-likeness (QED) is 0.456. The van der Waals surface area contributed by atoms with Crippen LogP contribution in [0.3, 0.4) is 0 Å². The maximum atomic E-state index is 12.6. The Morgan fingerprint density at radius 1 is 1.09 bits per heavy atom. The van der Waals surface area contributed by atoms with Crippen molar-refractivity contribution >= 4 is 6.09 Å². The summed E-state index contributed by atoms with van der Waals surface area (Å²) in [6.45, 7) is 9.14. The summed E-state index contributed by atoms with van der Waals surface area (Å²) in [5.74, 6) is 1.24. The third kappa shape index (κ3) is 5.08. The fourth-order valence-electron chi connectivity index (χ4n) is 3.52. The highest BCUT2D eigenvalue weighted by Gasteiger charge is 2.16. The molecule has 0 fully saturated rings. The first-order chi connectivity index (χ1) is 15.9. The summed E-state index contributed by atoms with van der Waals surface area (Å²) in [4.78, 5) is 12.6. The summed E-state index contributed by atoms with van der Waals surface area (Å²) < 4.78 is 9.14. The van der Waals surface area contributed by atoms with Gasteiger partial charge >= 0.3 is 6.09 Å². The van der Waals surface area contributed by atoms with Crippen molar-refractivity contribution < 1.29 is 9.53 Å². The van der Waals surface area contributed by atoms with Crippen LogP contribution in [0.15, 0.2) is 54.7 Å². The number of nitrogens with zero attached hydrogens (tertiary/aromatic N) is 6. The highest BCUT2D eigenvalue weighted by molar-refractivity contribution is 5.73. The molecule has 4 aromatic rings. The summed E-state index contributed by atoms with van der Waals surface area (Å²) in [6.07, 6.45) is 1.16. The molecular formula is C24H27N7O2. The van der Waals surface area contributed by atoms with E-state index in [1.165, 1.54) is 5.56 Å². The molecule has 4 rings (SSSR count). The number of rotatable bonds is 7. The van der Waals surface area contributed by atoms with Crippen molar-refractivity contribution in [1.82, 2.24) is 35.3 Å². The molecule has 0 aliphatic heterocycles. The summed E-state index contributed by atoms with van der Waals surface area (Å²) >= 11 is 0. The van der Waals surface area contributed by atoms with Gasteiger partial charge in [0.25, 0.3) is 0 Å². The lowest BCUT2D eigenvalue weighted by Gasteiger charge is -2.13. The van der Waals surface area contributed by atoms with Gasteiger partial charge in [-0.05, 0) is 53.6 Å². The lowest BCUT2D eigenvalue weighted by atomic mass is 10.0. The molecule has 0 atom stereocenters. The molecule has 0 saturated heterocycles. The number of ether oxygens (including phenoxy) is 1. The van der Waals surface area contributed by atoms with Crippen LogP contribution in [0.25, 0.3) is 16.8 Å². The third-order valence-electron chi connectivity index (χ3n) is 5.26. The SMILES string of the molecule is CCn1nccc1CNC(=O)Oc1cc(-c2ccc(C)cc2)cc(-n2nnnc2C(C)C)c1. The van der Waals surface area contributed by atoms with E-state index in [9.17, 15) is 4.79 Å². The Hall–Kier alpha value is -4.01. The molecule has 0 aliphatic rings. The van der Waals surface area contributed by atoms with E-state index in [0.717, 1.165) is 29.2 Å². The van der Waals surface area contributed by atoms with Crippen LogP contribution in [0.5, 0.6) is 5.75 Å². The molecular weight excluding hydrogens is 418 g/mol. The first kappa shape index (κ1) is 22.2. The molecule has 1 N–H and O–H groups in total. The van der Waals surface area contributed by atoms with Crippen LogP contribution in [-0.2, 0) is 13.1 Å². The molecule has 2 aromatic heterocycles. The molecule has 0 bridgehead atoms. The fraction of sp³-hybridized carbons (Fsp3) is 0.292. The Morgan fingerprint density at radius 3 is 2.61 bits per heavy atom. The Labute approximate surface area is 192 Å². The molecule has 0 unspecified atom stereocenters. The van der Waals surface area contributed by atoms with Gasteiger partial charge in [0.1, 0.15) is 5.75 Å². The number of aryl methyl sites for hydroxylation is 2. The minimum atomic E-state index is -0.549. The molecule has 170 valence electrons. The number of carbonyl (C=O) groups is 1. The maximum Gasteiger partial charge on any atom is 0.412 e. The minimum Gasteiger partial charge on any atom is -0.410 e. The predicted octanol–water partition coefficient (Wildman–Crippen LogP) is 4.27. The topological polar surface area (TPSA) is 99.8 Å². The third-order valence-corrected chi connectivity index (χ3v) is 5.26. The van der Waals surface area contributed by atoms with E-state index in [0.29, 0.717) is 18.0 Å². The zero-order valence-corrected chi connectivity index (χ0v) is 19.2. The van der Waals surface area contributed by atoms with Crippen LogP contribution < -0.4 is 10.1 Å². The monoisotopic (exact) mass is 445 g/mol. The highest BCUT2D eigenvalue weighted by Crippen LogP contribution is 2.29. The van der Waals surface area contributed by atoms with Crippen LogP contribution in [0.2, 0.25) is 0 Å². The second-order valence-electron chi connectivity index (χ2n) is 8.07. The first-order valence-corrected chi connectivity index (χ1v) is 10.9. The van der Waals surface area contributed by atoms with E-state index in [-0.39, 0.29) is 5.92 Å². The number of benzene rings is 2. The van der Waals surface area contributed by atoms with E-state index < -0.39 is 6.09 Å². The molecule has 1 amide bonds. The Morgan fingerprint density at radius 2 is 1.88 bits per heavy atom. The van der Waals surface area contributed by atoms with E-state index in [2.05, 4.69) is 25.9 Å². The standard InChI is InChI=1S/C24H27N7O2/c1-5-30-20(10-11-26-30)15-25-24(32)33-22-13-19(18-8-6-17(4)7-9-18)12-21(14-22)31-23(16(2)3)27-28-29-31/h6-14,16H,5,15H2,1-4H3,(H,25,32). The van der Waals surface area contributed by atoms with Gasteiger partial charge in [-0.25, -0.2) is 4.79 Å². The number of tetrazole rings is 1. The number of hydrogen-bond acceptors (Lipinski definition) is 6. The maximum absolute atomic E-state index is 12.6. The Bertz CT molecular complexity index is 1240. The van der Waals surface area contributed by atoms with Crippen LogP contribution >= 0.6 is 0 Å². The average molecular weight is 446 g/mol. The van der Waals surface area contributed by atoms with Crippen LogP contribution in [0.4, 0.5) is 4.79 Å². The normalized spacial score (nSPS) is 11.1. The summed E-state index contributed by atoms with van der Waals surface area (Å²) in [5.41, 5.74) is 4.68. The van der Waals surface area contributed by atoms with E-state index in [4.69, 9.17) is 4.74 Å². The van der Waals surface area contributed by atoms with Crippen molar-refractivity contribution in [2.45, 2.75) is 46.7 Å². The second-order valence-corrected chi connectivity index (χ2v) is 8.07. The predicted molar refractivity (Wildman–Crippen MR) is 124 cm³/mol. The van der Waals surface area contributed by atoms with Gasteiger partial charge in [-0.3, -0.25) is 4.68 Å². The molecule has 9 heteroatoms. The second kappa shape index (κ2) is 9.64. The van der Waals surface area contributed by atoms with Crippen LogP contribution in [0.1, 0.15) is 43.8 Å². The first-order valence-electron chi connectivity index (χ1n) is 10.9. The largest absolute Gasteiger partial charge is 0.412 e. The molecule has 0 spiro atoms.